The molecular weight excluding hydrogens is 644 g/mol. The second kappa shape index (κ2) is 13.6. The fourth-order valence-corrected chi connectivity index (χ4v) is 12.9. The van der Waals surface area contributed by atoms with Gasteiger partial charge in [0.2, 0.25) is 0 Å². The summed E-state index contributed by atoms with van der Waals surface area (Å²) >= 11 is 3.42. The zero-order valence-electron chi connectivity index (χ0n) is 25.1. The molecule has 230 valence electrons. The Hall–Kier alpha value is -2.53. The zero-order chi connectivity index (χ0) is 31.4. The minimum Gasteiger partial charge on any atom is -0.507 e. The van der Waals surface area contributed by atoms with E-state index in [1.807, 2.05) is 55.5 Å². The molecule has 43 heavy (non-hydrogen) atoms. The number of hydrogen-bond acceptors (Lipinski definition) is 6. The van der Waals surface area contributed by atoms with Crippen molar-refractivity contribution in [1.82, 2.24) is 0 Å². The molecular formula is C34H41BrO6SSi. The molecule has 0 saturated heterocycles. The van der Waals surface area contributed by atoms with Crippen LogP contribution in [0.25, 0.3) is 6.08 Å². The van der Waals surface area contributed by atoms with Crippen molar-refractivity contribution in [1.29, 1.82) is 0 Å². The first-order valence-corrected chi connectivity index (χ1v) is 18.8. The second-order valence-electron chi connectivity index (χ2n) is 12.2. The summed E-state index contributed by atoms with van der Waals surface area (Å²) in [5.74, 6) is -0.111. The summed E-state index contributed by atoms with van der Waals surface area (Å²) in [6, 6.07) is 25.4. The number of phenols is 1. The maximum absolute atomic E-state index is 13.2. The Labute approximate surface area is 264 Å². The number of sulfone groups is 1. The number of aliphatic hydroxyl groups is 2. The lowest BCUT2D eigenvalue weighted by atomic mass is 9.95. The number of aliphatic hydroxyl groups excluding tert-OH is 2. The quantitative estimate of drug-likeness (QED) is 0.186. The smallest absolute Gasteiger partial charge is 0.261 e. The van der Waals surface area contributed by atoms with Crippen LogP contribution < -0.4 is 10.4 Å². The van der Waals surface area contributed by atoms with Gasteiger partial charge in [0.15, 0.2) is 9.84 Å². The Balaban J connectivity index is 1.69. The molecule has 0 radical (unpaired) electrons. The van der Waals surface area contributed by atoms with E-state index in [0.717, 1.165) is 20.4 Å². The monoisotopic (exact) mass is 684 g/mol. The van der Waals surface area contributed by atoms with E-state index < -0.39 is 36.1 Å². The molecule has 4 rings (SSSR count). The van der Waals surface area contributed by atoms with E-state index in [1.165, 1.54) is 0 Å². The first-order chi connectivity index (χ1) is 20.3. The molecule has 6 nitrogen and oxygen atoms in total. The first-order valence-electron chi connectivity index (χ1n) is 14.4. The average Bonchev–Trinajstić information content (AvgIpc) is 3.23. The van der Waals surface area contributed by atoms with Gasteiger partial charge < -0.3 is 19.7 Å². The highest BCUT2D eigenvalue weighted by Gasteiger charge is 2.51. The number of halogens is 1. The van der Waals surface area contributed by atoms with Gasteiger partial charge in [0.1, 0.15) is 11.0 Å². The van der Waals surface area contributed by atoms with Crippen molar-refractivity contribution in [3.63, 3.8) is 0 Å². The van der Waals surface area contributed by atoms with Crippen molar-refractivity contribution in [2.45, 2.75) is 56.9 Å². The van der Waals surface area contributed by atoms with Crippen LogP contribution in [0.2, 0.25) is 5.04 Å². The molecule has 9 heteroatoms. The largest absolute Gasteiger partial charge is 0.507 e. The minimum absolute atomic E-state index is 0.0378. The van der Waals surface area contributed by atoms with Crippen LogP contribution in [0.1, 0.15) is 46.1 Å². The van der Waals surface area contributed by atoms with Crippen molar-refractivity contribution in [2.24, 2.45) is 0 Å². The van der Waals surface area contributed by atoms with E-state index in [0.29, 0.717) is 23.1 Å². The van der Waals surface area contributed by atoms with E-state index in [2.05, 4.69) is 61.0 Å². The summed E-state index contributed by atoms with van der Waals surface area (Å²) in [6.45, 7) is 7.81. The zero-order valence-corrected chi connectivity index (χ0v) is 28.5. The number of phenolic OH excluding ortho intramolecular Hbond substituents is 1. The van der Waals surface area contributed by atoms with Gasteiger partial charge in [0.05, 0.1) is 25.1 Å². The SMILES string of the molecule is C/C(=C\c1cc(Br)ccc1O)CC[C@@H](O)C1=C(CO[Si](c2ccccc2)(c2ccccc2)C(C)(C)C)CS(=O)(=O)[C@H]1CO. The maximum atomic E-state index is 13.2. The van der Waals surface area contributed by atoms with Crippen LogP contribution in [0.4, 0.5) is 0 Å². The molecule has 0 fully saturated rings. The number of rotatable bonds is 11. The van der Waals surface area contributed by atoms with E-state index in [4.69, 9.17) is 4.43 Å². The summed E-state index contributed by atoms with van der Waals surface area (Å²) in [4.78, 5) is 0. The third-order valence-corrected chi connectivity index (χ3v) is 15.7. The normalized spacial score (nSPS) is 18.2. The molecule has 1 aliphatic heterocycles. The van der Waals surface area contributed by atoms with Gasteiger partial charge in [-0.15, -0.1) is 0 Å². The summed E-state index contributed by atoms with van der Waals surface area (Å²) in [7, 11) is -6.67. The van der Waals surface area contributed by atoms with Crippen molar-refractivity contribution < 1.29 is 28.2 Å². The summed E-state index contributed by atoms with van der Waals surface area (Å²) in [5, 5.41) is 32.5. The van der Waals surface area contributed by atoms with Crippen LogP contribution in [0.3, 0.4) is 0 Å². The Kier molecular flexibility index (Phi) is 10.6. The van der Waals surface area contributed by atoms with Crippen LogP contribution in [0, 0.1) is 0 Å². The Morgan fingerprint density at radius 3 is 2.16 bits per heavy atom. The van der Waals surface area contributed by atoms with Gasteiger partial charge in [-0.05, 0) is 64.5 Å². The van der Waals surface area contributed by atoms with E-state index in [1.54, 1.807) is 12.1 Å². The molecule has 3 N–H and O–H groups in total. The number of aromatic hydroxyl groups is 1. The fourth-order valence-electron chi connectivity index (χ4n) is 6.09. The topological polar surface area (TPSA) is 104 Å². The van der Waals surface area contributed by atoms with E-state index in [-0.39, 0.29) is 29.6 Å². The standard InChI is InChI=1S/C34H41BrO6SSi/c1-24(19-25-20-27(35)16-18-30(25)37)15-17-31(38)33-26(23-42(39,40)32(33)21-36)22-41-43(34(2,3)4,28-11-7-5-8-12-28)29-13-9-6-10-14-29/h5-14,16,18-20,31-32,36-38H,15,17,21-23H2,1-4H3/b24-19+/t31-,32+/m1/s1. The van der Waals surface area contributed by atoms with Crippen LogP contribution in [0.5, 0.6) is 5.75 Å². The number of hydrogen-bond donors (Lipinski definition) is 3. The molecule has 0 saturated carbocycles. The second-order valence-corrected chi connectivity index (χ2v) is 19.6. The van der Waals surface area contributed by atoms with Gasteiger partial charge in [0.25, 0.3) is 8.32 Å². The Morgan fingerprint density at radius 1 is 1.05 bits per heavy atom. The van der Waals surface area contributed by atoms with Crippen molar-refractivity contribution in [3.8, 4) is 5.75 Å². The Bertz CT molecular complexity index is 1540. The number of allylic oxidation sites excluding steroid dienone is 1. The molecule has 0 bridgehead atoms. The van der Waals surface area contributed by atoms with Gasteiger partial charge in [-0.1, -0.05) is 109 Å². The van der Waals surface area contributed by atoms with Crippen LogP contribution >= 0.6 is 15.9 Å². The van der Waals surface area contributed by atoms with Crippen LogP contribution in [-0.4, -0.2) is 62.4 Å². The predicted octanol–water partition coefficient (Wildman–Crippen LogP) is 5.36. The van der Waals surface area contributed by atoms with Gasteiger partial charge in [-0.2, -0.15) is 0 Å². The molecule has 0 amide bonds. The molecule has 1 aliphatic rings. The molecule has 1 heterocycles. The molecule has 0 unspecified atom stereocenters. The molecule has 3 aromatic carbocycles. The average molecular weight is 686 g/mol. The van der Waals surface area contributed by atoms with E-state index in [9.17, 15) is 23.7 Å². The Morgan fingerprint density at radius 2 is 1.63 bits per heavy atom. The summed E-state index contributed by atoms with van der Waals surface area (Å²) < 4.78 is 34.3. The van der Waals surface area contributed by atoms with Crippen molar-refractivity contribution in [3.05, 3.63) is 106 Å². The molecule has 2 atom stereocenters. The lowest BCUT2D eigenvalue weighted by Crippen LogP contribution is -2.66. The van der Waals surface area contributed by atoms with Crippen LogP contribution in [-0.2, 0) is 14.3 Å². The van der Waals surface area contributed by atoms with Crippen molar-refractivity contribution >= 4 is 50.5 Å². The number of benzene rings is 3. The van der Waals surface area contributed by atoms with Gasteiger partial charge >= 0.3 is 0 Å². The third-order valence-electron chi connectivity index (χ3n) is 8.17. The minimum atomic E-state index is -3.71. The van der Waals surface area contributed by atoms with Gasteiger partial charge in [0, 0.05) is 10.0 Å². The highest BCUT2D eigenvalue weighted by Crippen LogP contribution is 2.39. The first kappa shape index (κ1) is 33.4. The van der Waals surface area contributed by atoms with Crippen LogP contribution in [0.15, 0.2) is 100 Å². The lowest BCUT2D eigenvalue weighted by Gasteiger charge is -2.43. The van der Waals surface area contributed by atoms with Gasteiger partial charge in [-0.3, -0.25) is 0 Å². The van der Waals surface area contributed by atoms with Crippen molar-refractivity contribution in [2.75, 3.05) is 19.0 Å². The molecule has 0 aromatic heterocycles. The highest BCUT2D eigenvalue weighted by molar-refractivity contribution is 9.10. The van der Waals surface area contributed by atoms with Gasteiger partial charge in [-0.25, -0.2) is 8.42 Å². The molecule has 3 aromatic rings. The van der Waals surface area contributed by atoms with E-state index >= 15 is 0 Å². The lowest BCUT2D eigenvalue weighted by molar-refractivity contribution is 0.187. The molecule has 0 aliphatic carbocycles. The predicted molar refractivity (Wildman–Crippen MR) is 180 cm³/mol. The summed E-state index contributed by atoms with van der Waals surface area (Å²) in [6.07, 6.45) is 1.51. The maximum Gasteiger partial charge on any atom is 0.261 e. The fraction of sp³-hybridized carbons (Fsp3) is 0.353. The molecule has 0 spiro atoms. The highest BCUT2D eigenvalue weighted by atomic mass is 79.9. The summed E-state index contributed by atoms with van der Waals surface area (Å²) in [5.41, 5.74) is 2.43. The third kappa shape index (κ3) is 7.24.